The van der Waals surface area contributed by atoms with Crippen LogP contribution in [-0.2, 0) is 14.3 Å². The van der Waals surface area contributed by atoms with Gasteiger partial charge in [-0.15, -0.1) is 0 Å². The molecule has 0 saturated heterocycles. The lowest BCUT2D eigenvalue weighted by Crippen LogP contribution is -2.22. The molecule has 0 spiro atoms. The summed E-state index contributed by atoms with van der Waals surface area (Å²) in [6, 6.07) is 18.7. The molecule has 9 heteroatoms. The number of carbonyl (C=O) groups is 3. The minimum absolute atomic E-state index is 0.219. The Hall–Kier alpha value is -4.45. The van der Waals surface area contributed by atoms with Gasteiger partial charge >= 0.3 is 5.97 Å². The van der Waals surface area contributed by atoms with Crippen molar-refractivity contribution < 1.29 is 19.1 Å². The number of amides is 2. The van der Waals surface area contributed by atoms with E-state index in [2.05, 4.69) is 15.7 Å². The minimum Gasteiger partial charge on any atom is -0.452 e. The van der Waals surface area contributed by atoms with Crippen molar-refractivity contribution in [3.05, 3.63) is 71.9 Å². The van der Waals surface area contributed by atoms with Crippen LogP contribution in [0, 0.1) is 18.3 Å². The van der Waals surface area contributed by atoms with Gasteiger partial charge in [0.25, 0.3) is 5.91 Å². The molecule has 31 heavy (non-hydrogen) atoms. The van der Waals surface area contributed by atoms with Crippen LogP contribution in [0.1, 0.15) is 22.5 Å². The second-order valence-corrected chi connectivity index (χ2v) is 6.50. The summed E-state index contributed by atoms with van der Waals surface area (Å²) in [4.78, 5) is 35.9. The van der Waals surface area contributed by atoms with Gasteiger partial charge in [-0.3, -0.25) is 9.59 Å². The number of benzene rings is 2. The maximum atomic E-state index is 12.3. The van der Waals surface area contributed by atoms with Crippen LogP contribution in [0.4, 0.5) is 11.5 Å². The molecule has 0 fully saturated rings. The summed E-state index contributed by atoms with van der Waals surface area (Å²) in [5.74, 6) is -1.18. The average molecular weight is 417 g/mol. The largest absolute Gasteiger partial charge is 0.452 e. The lowest BCUT2D eigenvalue weighted by molar-refractivity contribution is -0.119. The van der Waals surface area contributed by atoms with Gasteiger partial charge in [-0.1, -0.05) is 18.2 Å². The monoisotopic (exact) mass is 417 g/mol. The first kappa shape index (κ1) is 21.3. The first-order valence-corrected chi connectivity index (χ1v) is 9.32. The number of esters is 1. The number of anilines is 2. The summed E-state index contributed by atoms with van der Waals surface area (Å²) >= 11 is 0. The van der Waals surface area contributed by atoms with Gasteiger partial charge in [0, 0.05) is 11.8 Å². The number of nitrogens with zero attached hydrogens (tertiary/aromatic N) is 3. The van der Waals surface area contributed by atoms with Crippen LogP contribution in [-0.4, -0.2) is 34.2 Å². The first-order chi connectivity index (χ1) is 15.0. The van der Waals surface area contributed by atoms with Crippen LogP contribution in [0.15, 0.2) is 60.7 Å². The number of nitriles is 1. The van der Waals surface area contributed by atoms with Gasteiger partial charge in [-0.05, 0) is 43.3 Å². The normalized spacial score (nSPS) is 10.1. The molecule has 0 aliphatic heterocycles. The first-order valence-electron chi connectivity index (χ1n) is 9.32. The molecule has 3 rings (SSSR count). The van der Waals surface area contributed by atoms with E-state index >= 15 is 0 Å². The molecule has 0 bridgehead atoms. The minimum atomic E-state index is -0.683. The molecule has 156 valence electrons. The Kier molecular flexibility index (Phi) is 6.75. The van der Waals surface area contributed by atoms with Crippen molar-refractivity contribution in [1.29, 1.82) is 5.26 Å². The van der Waals surface area contributed by atoms with Gasteiger partial charge in [-0.25, -0.2) is 9.48 Å². The maximum Gasteiger partial charge on any atom is 0.338 e. The Balaban J connectivity index is 1.56. The fourth-order valence-corrected chi connectivity index (χ4v) is 2.71. The SMILES string of the molecule is Cc1cc(NC(=O)COC(=O)c2ccc(NC(=O)CC#N)cc2)n(-c2ccccc2)n1. The van der Waals surface area contributed by atoms with E-state index in [0.29, 0.717) is 11.5 Å². The van der Waals surface area contributed by atoms with E-state index in [0.717, 1.165) is 11.4 Å². The van der Waals surface area contributed by atoms with Crippen molar-refractivity contribution in [2.24, 2.45) is 0 Å². The highest BCUT2D eigenvalue weighted by molar-refractivity contribution is 5.96. The molecular weight excluding hydrogens is 398 g/mol. The molecule has 1 aromatic heterocycles. The summed E-state index contributed by atoms with van der Waals surface area (Å²) in [5, 5.41) is 18.1. The molecule has 2 aromatic carbocycles. The van der Waals surface area contributed by atoms with Crippen LogP contribution in [0.2, 0.25) is 0 Å². The zero-order chi connectivity index (χ0) is 22.2. The molecular formula is C22H19N5O4. The van der Waals surface area contributed by atoms with Crippen molar-refractivity contribution in [2.75, 3.05) is 17.2 Å². The van der Waals surface area contributed by atoms with E-state index in [1.165, 1.54) is 24.3 Å². The van der Waals surface area contributed by atoms with Gasteiger partial charge in [0.2, 0.25) is 5.91 Å². The average Bonchev–Trinajstić information content (AvgIpc) is 3.13. The third-order valence-corrected chi connectivity index (χ3v) is 4.08. The molecule has 2 N–H and O–H groups in total. The number of aromatic nitrogens is 2. The summed E-state index contributed by atoms with van der Waals surface area (Å²) in [6.07, 6.45) is -0.262. The Morgan fingerprint density at radius 2 is 1.74 bits per heavy atom. The van der Waals surface area contributed by atoms with Gasteiger partial charge in [0.15, 0.2) is 6.61 Å². The highest BCUT2D eigenvalue weighted by atomic mass is 16.5. The number of aryl methyl sites for hydroxylation is 1. The number of nitrogens with one attached hydrogen (secondary N) is 2. The Bertz CT molecular complexity index is 1130. The van der Waals surface area contributed by atoms with Crippen molar-refractivity contribution in [2.45, 2.75) is 13.3 Å². The number of hydrogen-bond donors (Lipinski definition) is 2. The van der Waals surface area contributed by atoms with Crippen molar-refractivity contribution in [3.63, 3.8) is 0 Å². The quantitative estimate of drug-likeness (QED) is 0.569. The van der Waals surface area contributed by atoms with Crippen molar-refractivity contribution in [1.82, 2.24) is 9.78 Å². The fourth-order valence-electron chi connectivity index (χ4n) is 2.71. The number of para-hydroxylation sites is 1. The smallest absolute Gasteiger partial charge is 0.338 e. The second-order valence-electron chi connectivity index (χ2n) is 6.50. The van der Waals surface area contributed by atoms with Gasteiger partial charge in [0.1, 0.15) is 12.2 Å². The predicted molar refractivity (Wildman–Crippen MR) is 113 cm³/mol. The molecule has 0 saturated carbocycles. The zero-order valence-corrected chi connectivity index (χ0v) is 16.7. The van der Waals surface area contributed by atoms with E-state index in [-0.39, 0.29) is 12.0 Å². The molecule has 0 atom stereocenters. The Morgan fingerprint density at radius 1 is 1.03 bits per heavy atom. The highest BCUT2D eigenvalue weighted by Gasteiger charge is 2.14. The van der Waals surface area contributed by atoms with Crippen LogP contribution < -0.4 is 10.6 Å². The number of ether oxygens (including phenoxy) is 1. The van der Waals surface area contributed by atoms with E-state index in [1.807, 2.05) is 37.3 Å². The lowest BCUT2D eigenvalue weighted by atomic mass is 10.2. The van der Waals surface area contributed by atoms with Gasteiger partial charge in [0.05, 0.1) is 23.0 Å². The molecule has 1 heterocycles. The summed E-state index contributed by atoms with van der Waals surface area (Å²) in [7, 11) is 0. The van der Waals surface area contributed by atoms with Crippen LogP contribution >= 0.6 is 0 Å². The van der Waals surface area contributed by atoms with Gasteiger partial charge < -0.3 is 15.4 Å². The number of carbonyl (C=O) groups excluding carboxylic acids is 3. The van der Waals surface area contributed by atoms with E-state index < -0.39 is 24.4 Å². The van der Waals surface area contributed by atoms with Gasteiger partial charge in [-0.2, -0.15) is 10.4 Å². The maximum absolute atomic E-state index is 12.3. The Morgan fingerprint density at radius 3 is 2.42 bits per heavy atom. The zero-order valence-electron chi connectivity index (χ0n) is 16.7. The lowest BCUT2D eigenvalue weighted by Gasteiger charge is -2.09. The number of hydrogen-bond acceptors (Lipinski definition) is 6. The van der Waals surface area contributed by atoms with E-state index in [9.17, 15) is 14.4 Å². The molecule has 0 unspecified atom stereocenters. The second kappa shape index (κ2) is 9.84. The predicted octanol–water partition coefficient (Wildman–Crippen LogP) is 2.83. The Labute approximate surface area is 178 Å². The topological polar surface area (TPSA) is 126 Å². The summed E-state index contributed by atoms with van der Waals surface area (Å²) in [5.41, 5.74) is 2.17. The van der Waals surface area contributed by atoms with E-state index in [4.69, 9.17) is 10.00 Å². The number of rotatable bonds is 7. The van der Waals surface area contributed by atoms with E-state index in [1.54, 1.807) is 16.8 Å². The van der Waals surface area contributed by atoms with Crippen molar-refractivity contribution in [3.8, 4) is 11.8 Å². The molecule has 0 aliphatic rings. The van der Waals surface area contributed by atoms with Crippen molar-refractivity contribution >= 4 is 29.3 Å². The molecule has 3 aromatic rings. The van der Waals surface area contributed by atoms with Crippen LogP contribution in [0.3, 0.4) is 0 Å². The third kappa shape index (κ3) is 5.77. The van der Waals surface area contributed by atoms with Crippen LogP contribution in [0.25, 0.3) is 5.69 Å². The third-order valence-electron chi connectivity index (χ3n) is 4.08. The molecule has 2 amide bonds. The molecule has 0 radical (unpaired) electrons. The fraction of sp³-hybridized carbons (Fsp3) is 0.136. The van der Waals surface area contributed by atoms with Crippen LogP contribution in [0.5, 0.6) is 0 Å². The summed E-state index contributed by atoms with van der Waals surface area (Å²) < 4.78 is 6.65. The summed E-state index contributed by atoms with van der Waals surface area (Å²) in [6.45, 7) is 1.33. The molecule has 9 nitrogen and oxygen atoms in total. The molecule has 0 aliphatic carbocycles. The standard InChI is InChI=1S/C22H19N5O4/c1-15-13-19(27(26-15)18-5-3-2-4-6-18)25-21(29)14-31-22(30)16-7-9-17(10-8-16)24-20(28)11-12-23/h2-10,13H,11,14H2,1H3,(H,24,28)(H,25,29). The highest BCUT2D eigenvalue weighted by Crippen LogP contribution is 2.17.